The molecule has 1 aliphatic rings. The van der Waals surface area contributed by atoms with Gasteiger partial charge in [-0.25, -0.2) is 0 Å². The van der Waals surface area contributed by atoms with Gasteiger partial charge in [-0.05, 0) is 34.5 Å². The highest BCUT2D eigenvalue weighted by Gasteiger charge is 2.30. The molecule has 1 saturated heterocycles. The topological polar surface area (TPSA) is 43.0 Å². The molecule has 148 valence electrons. The third-order valence-electron chi connectivity index (χ3n) is 5.35. The quantitative estimate of drug-likeness (QED) is 0.682. The molecule has 0 saturated carbocycles. The number of hydrogen-bond donors (Lipinski definition) is 1. The van der Waals surface area contributed by atoms with Crippen molar-refractivity contribution in [1.82, 2.24) is 10.2 Å². The van der Waals surface area contributed by atoms with Crippen molar-refractivity contribution >= 4 is 21.4 Å². The van der Waals surface area contributed by atoms with Gasteiger partial charge in [0.1, 0.15) is 0 Å². The van der Waals surface area contributed by atoms with Crippen molar-refractivity contribution in [3.8, 4) is 17.2 Å². The van der Waals surface area contributed by atoms with Crippen molar-refractivity contribution < 1.29 is 14.2 Å². The molecule has 2 aromatic carbocycles. The number of fused-ring (bicyclic) bond motifs is 1. The van der Waals surface area contributed by atoms with E-state index in [4.69, 9.17) is 14.2 Å². The van der Waals surface area contributed by atoms with Crippen LogP contribution >= 0.6 is 11.3 Å². The number of hydrogen-bond acceptors (Lipinski definition) is 6. The van der Waals surface area contributed by atoms with Crippen LogP contribution in [-0.2, 0) is 0 Å². The highest BCUT2D eigenvalue weighted by Crippen LogP contribution is 2.47. The molecule has 1 N–H and O–H groups in total. The van der Waals surface area contributed by atoms with E-state index in [2.05, 4.69) is 45.9 Å². The lowest BCUT2D eigenvalue weighted by Gasteiger charge is -2.36. The number of ether oxygens (including phenoxy) is 3. The van der Waals surface area contributed by atoms with Crippen molar-refractivity contribution in [1.29, 1.82) is 0 Å². The Morgan fingerprint density at radius 2 is 1.64 bits per heavy atom. The van der Waals surface area contributed by atoms with Crippen molar-refractivity contribution in [3.05, 3.63) is 52.9 Å². The Morgan fingerprint density at radius 3 is 2.36 bits per heavy atom. The van der Waals surface area contributed by atoms with Crippen LogP contribution in [0.25, 0.3) is 10.1 Å². The number of rotatable bonds is 6. The van der Waals surface area contributed by atoms with Crippen LogP contribution in [-0.4, -0.2) is 52.4 Å². The Bertz CT molecular complexity index is 950. The van der Waals surface area contributed by atoms with E-state index in [1.54, 1.807) is 32.7 Å². The summed E-state index contributed by atoms with van der Waals surface area (Å²) in [5.74, 6) is 2.06. The SMILES string of the molecule is COc1ccc(C(c2csc3ccccc23)N2CCNCC2)c(OC)c1OC. The number of thiophene rings is 1. The zero-order chi connectivity index (χ0) is 19.5. The molecule has 3 aromatic rings. The number of methoxy groups -OCH3 is 3. The summed E-state index contributed by atoms with van der Waals surface area (Å²) in [6.07, 6.45) is 0. The van der Waals surface area contributed by atoms with Crippen LogP contribution in [0.2, 0.25) is 0 Å². The summed E-state index contributed by atoms with van der Waals surface area (Å²) < 4.78 is 18.3. The summed E-state index contributed by atoms with van der Waals surface area (Å²) in [5, 5.41) is 7.04. The Morgan fingerprint density at radius 1 is 0.893 bits per heavy atom. The van der Waals surface area contributed by atoms with Gasteiger partial charge in [-0.2, -0.15) is 0 Å². The largest absolute Gasteiger partial charge is 0.493 e. The standard InChI is InChI=1S/C22H26N2O3S/c1-25-18-9-8-16(21(26-2)22(18)27-3)20(24-12-10-23-11-13-24)17-14-28-19-7-5-4-6-15(17)19/h4-9,14,20,23H,10-13H2,1-3H3. The predicted molar refractivity (Wildman–Crippen MR) is 114 cm³/mol. The van der Waals surface area contributed by atoms with Crippen LogP contribution < -0.4 is 19.5 Å². The second-order valence-electron chi connectivity index (χ2n) is 6.80. The van der Waals surface area contributed by atoms with E-state index >= 15 is 0 Å². The average Bonchev–Trinajstić information content (AvgIpc) is 3.18. The van der Waals surface area contributed by atoms with Crippen molar-refractivity contribution in [2.75, 3.05) is 47.5 Å². The van der Waals surface area contributed by atoms with Gasteiger partial charge in [0.15, 0.2) is 11.5 Å². The lowest BCUT2D eigenvalue weighted by atomic mass is 9.94. The Kier molecular flexibility index (Phi) is 5.71. The molecule has 0 aliphatic carbocycles. The molecule has 2 heterocycles. The highest BCUT2D eigenvalue weighted by molar-refractivity contribution is 7.17. The fourth-order valence-electron chi connectivity index (χ4n) is 4.05. The summed E-state index contributed by atoms with van der Waals surface area (Å²) in [6, 6.07) is 12.8. The average molecular weight is 399 g/mol. The minimum Gasteiger partial charge on any atom is -0.493 e. The zero-order valence-corrected chi connectivity index (χ0v) is 17.3. The maximum atomic E-state index is 5.85. The van der Waals surface area contributed by atoms with Crippen molar-refractivity contribution in [2.45, 2.75) is 6.04 Å². The fraction of sp³-hybridized carbons (Fsp3) is 0.364. The zero-order valence-electron chi connectivity index (χ0n) is 16.5. The molecule has 0 radical (unpaired) electrons. The molecular formula is C22H26N2O3S. The third kappa shape index (κ3) is 3.32. The minimum absolute atomic E-state index is 0.0907. The first-order valence-corrected chi connectivity index (χ1v) is 10.4. The van der Waals surface area contributed by atoms with E-state index in [-0.39, 0.29) is 6.04 Å². The second-order valence-corrected chi connectivity index (χ2v) is 7.71. The van der Waals surface area contributed by atoms with Crippen LogP contribution in [0.5, 0.6) is 17.2 Å². The van der Waals surface area contributed by atoms with Crippen LogP contribution in [0, 0.1) is 0 Å². The number of benzene rings is 2. The molecule has 1 aliphatic heterocycles. The van der Waals surface area contributed by atoms with E-state index in [0.717, 1.165) is 37.5 Å². The van der Waals surface area contributed by atoms with E-state index in [0.29, 0.717) is 11.5 Å². The first kappa shape index (κ1) is 19.1. The maximum Gasteiger partial charge on any atom is 0.203 e. The van der Waals surface area contributed by atoms with Crippen molar-refractivity contribution in [3.63, 3.8) is 0 Å². The first-order valence-electron chi connectivity index (χ1n) is 9.48. The second kappa shape index (κ2) is 8.39. The van der Waals surface area contributed by atoms with Gasteiger partial charge in [-0.3, -0.25) is 4.90 Å². The fourth-order valence-corrected chi connectivity index (χ4v) is 5.03. The number of nitrogens with one attached hydrogen (secondary N) is 1. The number of nitrogens with zero attached hydrogens (tertiary/aromatic N) is 1. The first-order chi connectivity index (χ1) is 13.8. The molecule has 1 fully saturated rings. The van der Waals surface area contributed by atoms with Crippen LogP contribution in [0.3, 0.4) is 0 Å². The van der Waals surface area contributed by atoms with Gasteiger partial charge >= 0.3 is 0 Å². The molecule has 1 unspecified atom stereocenters. The van der Waals surface area contributed by atoms with Gasteiger partial charge in [-0.1, -0.05) is 18.2 Å². The minimum atomic E-state index is 0.0907. The van der Waals surface area contributed by atoms with Crippen LogP contribution in [0.4, 0.5) is 0 Å². The van der Waals surface area contributed by atoms with Gasteiger partial charge in [0.05, 0.1) is 27.4 Å². The molecule has 28 heavy (non-hydrogen) atoms. The third-order valence-corrected chi connectivity index (χ3v) is 6.33. The van der Waals surface area contributed by atoms with Gasteiger partial charge in [0, 0.05) is 36.4 Å². The molecule has 1 aromatic heterocycles. The van der Waals surface area contributed by atoms with E-state index in [1.807, 2.05) is 6.07 Å². The maximum absolute atomic E-state index is 5.85. The lowest BCUT2D eigenvalue weighted by molar-refractivity contribution is 0.195. The van der Waals surface area contributed by atoms with E-state index in [1.165, 1.54) is 15.6 Å². The molecule has 0 bridgehead atoms. The Balaban J connectivity index is 1.91. The van der Waals surface area contributed by atoms with E-state index in [9.17, 15) is 0 Å². The van der Waals surface area contributed by atoms with Gasteiger partial charge < -0.3 is 19.5 Å². The molecular weight excluding hydrogens is 372 g/mol. The molecule has 6 heteroatoms. The summed E-state index contributed by atoms with van der Waals surface area (Å²) in [6.45, 7) is 3.92. The van der Waals surface area contributed by atoms with Gasteiger partial charge in [-0.15, -0.1) is 11.3 Å². The summed E-state index contributed by atoms with van der Waals surface area (Å²) in [7, 11) is 5.00. The smallest absolute Gasteiger partial charge is 0.203 e. The summed E-state index contributed by atoms with van der Waals surface area (Å²) >= 11 is 1.79. The summed E-state index contributed by atoms with van der Waals surface area (Å²) in [5.41, 5.74) is 2.42. The number of piperazine rings is 1. The van der Waals surface area contributed by atoms with E-state index < -0.39 is 0 Å². The van der Waals surface area contributed by atoms with Gasteiger partial charge in [0.2, 0.25) is 5.75 Å². The Hall–Kier alpha value is -2.28. The van der Waals surface area contributed by atoms with Crippen LogP contribution in [0.1, 0.15) is 17.2 Å². The molecule has 4 rings (SSSR count). The molecule has 0 amide bonds. The Labute approximate surface area is 169 Å². The summed E-state index contributed by atoms with van der Waals surface area (Å²) in [4.78, 5) is 2.52. The van der Waals surface area contributed by atoms with Gasteiger partial charge in [0.25, 0.3) is 0 Å². The van der Waals surface area contributed by atoms with Crippen molar-refractivity contribution in [2.24, 2.45) is 0 Å². The highest BCUT2D eigenvalue weighted by atomic mass is 32.1. The molecule has 1 atom stereocenters. The predicted octanol–water partition coefficient (Wildman–Crippen LogP) is 3.92. The lowest BCUT2D eigenvalue weighted by Crippen LogP contribution is -2.45. The normalized spacial score (nSPS) is 16.1. The molecule has 5 nitrogen and oxygen atoms in total. The van der Waals surface area contributed by atoms with Crippen LogP contribution in [0.15, 0.2) is 41.8 Å². The monoisotopic (exact) mass is 398 g/mol. The molecule has 0 spiro atoms.